The highest BCUT2D eigenvalue weighted by Gasteiger charge is 2.31. The van der Waals surface area contributed by atoms with Gasteiger partial charge in [-0.05, 0) is 50.9 Å². The second-order valence-corrected chi connectivity index (χ2v) is 6.16. The summed E-state index contributed by atoms with van der Waals surface area (Å²) in [4.78, 5) is 9.69. The Morgan fingerprint density at radius 1 is 1.30 bits per heavy atom. The van der Waals surface area contributed by atoms with Gasteiger partial charge in [0.25, 0.3) is 0 Å². The second-order valence-electron chi connectivity index (χ2n) is 6.16. The van der Waals surface area contributed by atoms with Crippen LogP contribution in [0.3, 0.4) is 0 Å². The molecule has 3 heterocycles. The number of pyridine rings is 1. The predicted molar refractivity (Wildman–Crippen MR) is 81.6 cm³/mol. The van der Waals surface area contributed by atoms with Crippen molar-refractivity contribution in [2.45, 2.75) is 38.3 Å². The number of nitrogens with zero attached hydrogens (tertiary/aromatic N) is 3. The molecule has 3 rings (SSSR count). The van der Waals surface area contributed by atoms with Gasteiger partial charge in [0.2, 0.25) is 0 Å². The molecule has 0 radical (unpaired) electrons. The van der Waals surface area contributed by atoms with E-state index >= 15 is 0 Å². The molecule has 2 atom stereocenters. The van der Waals surface area contributed by atoms with Gasteiger partial charge in [0.1, 0.15) is 0 Å². The molecular weight excluding hydrogens is 248 g/mol. The monoisotopic (exact) mass is 274 g/mol. The Morgan fingerprint density at radius 3 is 2.90 bits per heavy atom. The molecule has 20 heavy (non-hydrogen) atoms. The quantitative estimate of drug-likeness (QED) is 0.908. The maximum Gasteiger partial charge on any atom is 0.0486 e. The fourth-order valence-electron chi connectivity index (χ4n) is 3.69. The van der Waals surface area contributed by atoms with Crippen molar-refractivity contribution in [3.05, 3.63) is 29.6 Å². The largest absolute Gasteiger partial charge is 0.329 e. The molecule has 2 fully saturated rings. The smallest absolute Gasteiger partial charge is 0.0486 e. The highest BCUT2D eigenvalue weighted by atomic mass is 15.3. The van der Waals surface area contributed by atoms with Crippen molar-refractivity contribution in [1.82, 2.24) is 14.8 Å². The number of hydrogen-bond donors (Lipinski definition) is 1. The minimum absolute atomic E-state index is 0.323. The number of fused-ring (bicyclic) bond motifs is 1. The van der Waals surface area contributed by atoms with Gasteiger partial charge in [-0.3, -0.25) is 14.8 Å². The molecule has 2 aliphatic rings. The van der Waals surface area contributed by atoms with E-state index in [4.69, 9.17) is 5.73 Å². The molecule has 2 N–H and O–H groups in total. The first-order valence-corrected chi connectivity index (χ1v) is 7.88. The van der Waals surface area contributed by atoms with Crippen LogP contribution in [0.1, 0.15) is 36.6 Å². The van der Waals surface area contributed by atoms with Crippen LogP contribution in [0.15, 0.2) is 18.3 Å². The van der Waals surface area contributed by atoms with Crippen molar-refractivity contribution < 1.29 is 0 Å². The molecule has 0 bridgehead atoms. The van der Waals surface area contributed by atoms with E-state index in [0.717, 1.165) is 24.8 Å². The summed E-state index contributed by atoms with van der Waals surface area (Å²) < 4.78 is 0. The molecule has 1 aromatic heterocycles. The van der Waals surface area contributed by atoms with Gasteiger partial charge in [-0.2, -0.15) is 0 Å². The van der Waals surface area contributed by atoms with Crippen LogP contribution in [0.4, 0.5) is 0 Å². The van der Waals surface area contributed by atoms with Crippen LogP contribution < -0.4 is 5.73 Å². The Balaban J connectivity index is 1.76. The van der Waals surface area contributed by atoms with E-state index in [-0.39, 0.29) is 0 Å². The number of aromatic nitrogens is 1. The average Bonchev–Trinajstić information content (AvgIpc) is 2.80. The van der Waals surface area contributed by atoms with Crippen molar-refractivity contribution in [2.24, 2.45) is 5.73 Å². The number of aryl methyl sites for hydroxylation is 1. The van der Waals surface area contributed by atoms with E-state index < -0.39 is 0 Å². The minimum Gasteiger partial charge on any atom is -0.329 e. The molecule has 2 saturated heterocycles. The third-order valence-corrected chi connectivity index (χ3v) is 4.82. The molecule has 2 unspecified atom stereocenters. The van der Waals surface area contributed by atoms with Crippen LogP contribution in [0.5, 0.6) is 0 Å². The lowest BCUT2D eigenvalue weighted by atomic mass is 10.1. The van der Waals surface area contributed by atoms with Crippen molar-refractivity contribution >= 4 is 0 Å². The Kier molecular flexibility index (Phi) is 4.34. The molecule has 110 valence electrons. The van der Waals surface area contributed by atoms with Crippen LogP contribution in [-0.4, -0.2) is 53.5 Å². The summed E-state index contributed by atoms with van der Waals surface area (Å²) >= 11 is 0. The fraction of sp³-hybridized carbons (Fsp3) is 0.688. The van der Waals surface area contributed by atoms with E-state index in [1.54, 1.807) is 0 Å². The number of rotatable bonds is 3. The Bertz CT molecular complexity index is 431. The first-order valence-electron chi connectivity index (χ1n) is 7.88. The summed E-state index contributed by atoms with van der Waals surface area (Å²) in [7, 11) is 0. The maximum absolute atomic E-state index is 6.08. The van der Waals surface area contributed by atoms with Gasteiger partial charge < -0.3 is 5.73 Å². The number of nitrogens with two attached hydrogens (primary N) is 1. The van der Waals surface area contributed by atoms with Crippen LogP contribution in [0.25, 0.3) is 0 Å². The molecule has 0 spiro atoms. The van der Waals surface area contributed by atoms with E-state index in [1.807, 2.05) is 13.1 Å². The van der Waals surface area contributed by atoms with Gasteiger partial charge in [0.05, 0.1) is 0 Å². The van der Waals surface area contributed by atoms with E-state index in [0.29, 0.717) is 12.6 Å². The third-order valence-electron chi connectivity index (χ3n) is 4.82. The first kappa shape index (κ1) is 14.0. The normalized spacial score (nSPS) is 26.2. The van der Waals surface area contributed by atoms with Gasteiger partial charge in [0.15, 0.2) is 0 Å². The molecule has 0 aliphatic carbocycles. The second kappa shape index (κ2) is 6.20. The SMILES string of the molecule is Cc1ccc(C(CN)N2CCCN3CCCC3C2)cn1. The number of hydrogen-bond acceptors (Lipinski definition) is 4. The minimum atomic E-state index is 0.323. The molecule has 4 heteroatoms. The third kappa shape index (κ3) is 2.87. The Hall–Kier alpha value is -0.970. The predicted octanol–water partition coefficient (Wildman–Crippen LogP) is 1.56. The van der Waals surface area contributed by atoms with E-state index in [9.17, 15) is 0 Å². The highest BCUT2D eigenvalue weighted by molar-refractivity contribution is 5.18. The zero-order valence-electron chi connectivity index (χ0n) is 12.5. The lowest BCUT2D eigenvalue weighted by molar-refractivity contribution is 0.176. The van der Waals surface area contributed by atoms with Crippen molar-refractivity contribution in [3.63, 3.8) is 0 Å². The lowest BCUT2D eigenvalue weighted by Crippen LogP contribution is -2.40. The standard InChI is InChI=1S/C16H26N4/c1-13-5-6-14(11-18-13)16(10-17)20-9-3-8-19-7-2-4-15(19)12-20/h5-6,11,15-16H,2-4,7-10,12,17H2,1H3. The topological polar surface area (TPSA) is 45.4 Å². The summed E-state index contributed by atoms with van der Waals surface area (Å²) in [5.74, 6) is 0. The zero-order valence-corrected chi connectivity index (χ0v) is 12.5. The maximum atomic E-state index is 6.08. The van der Waals surface area contributed by atoms with Crippen LogP contribution in [0, 0.1) is 6.92 Å². The first-order chi connectivity index (χ1) is 9.78. The van der Waals surface area contributed by atoms with E-state index in [2.05, 4.69) is 26.9 Å². The molecule has 0 aromatic carbocycles. The summed E-state index contributed by atoms with van der Waals surface area (Å²) in [5, 5.41) is 0. The van der Waals surface area contributed by atoms with Crippen molar-refractivity contribution in [3.8, 4) is 0 Å². The van der Waals surface area contributed by atoms with Crippen molar-refractivity contribution in [1.29, 1.82) is 0 Å². The summed E-state index contributed by atoms with van der Waals surface area (Å²) in [6.07, 6.45) is 5.97. The van der Waals surface area contributed by atoms with Crippen LogP contribution in [0.2, 0.25) is 0 Å². The van der Waals surface area contributed by atoms with Gasteiger partial charge in [-0.1, -0.05) is 6.07 Å². The Labute approximate surface area is 122 Å². The molecule has 0 saturated carbocycles. The summed E-state index contributed by atoms with van der Waals surface area (Å²) in [5.41, 5.74) is 8.42. The highest BCUT2D eigenvalue weighted by Crippen LogP contribution is 2.27. The van der Waals surface area contributed by atoms with Crippen LogP contribution >= 0.6 is 0 Å². The van der Waals surface area contributed by atoms with Gasteiger partial charge >= 0.3 is 0 Å². The lowest BCUT2D eigenvalue weighted by Gasteiger charge is -2.32. The van der Waals surface area contributed by atoms with Gasteiger partial charge in [-0.25, -0.2) is 0 Å². The fourth-order valence-corrected chi connectivity index (χ4v) is 3.69. The van der Waals surface area contributed by atoms with Gasteiger partial charge in [-0.15, -0.1) is 0 Å². The van der Waals surface area contributed by atoms with Crippen LogP contribution in [-0.2, 0) is 0 Å². The molecule has 2 aliphatic heterocycles. The van der Waals surface area contributed by atoms with E-state index in [1.165, 1.54) is 37.9 Å². The summed E-state index contributed by atoms with van der Waals surface area (Å²) in [6, 6.07) is 5.35. The van der Waals surface area contributed by atoms with Gasteiger partial charge in [0, 0.05) is 43.6 Å². The average molecular weight is 274 g/mol. The zero-order chi connectivity index (χ0) is 13.9. The van der Waals surface area contributed by atoms with Crippen molar-refractivity contribution in [2.75, 3.05) is 32.7 Å². The molecular formula is C16H26N4. The summed E-state index contributed by atoms with van der Waals surface area (Å²) in [6.45, 7) is 7.57. The molecule has 4 nitrogen and oxygen atoms in total. The molecule has 1 aromatic rings. The molecule has 0 amide bonds. The Morgan fingerprint density at radius 2 is 2.15 bits per heavy atom.